The van der Waals surface area contributed by atoms with Crippen LogP contribution in [-0.2, 0) is 17.8 Å². The Bertz CT molecular complexity index is 685. The highest BCUT2D eigenvalue weighted by atomic mass is 127. The van der Waals surface area contributed by atoms with E-state index in [4.69, 9.17) is 4.74 Å². The number of ether oxygens (including phenoxy) is 1. The van der Waals surface area contributed by atoms with E-state index in [1.807, 2.05) is 16.9 Å². The zero-order valence-electron chi connectivity index (χ0n) is 15.9. The lowest BCUT2D eigenvalue weighted by Gasteiger charge is -2.13. The van der Waals surface area contributed by atoms with Crippen molar-refractivity contribution in [3.8, 4) is 0 Å². The number of rotatable bonds is 10. The van der Waals surface area contributed by atoms with Gasteiger partial charge in [-0.2, -0.15) is 5.10 Å². The average Bonchev–Trinajstić information content (AvgIpc) is 3.35. The zero-order valence-corrected chi connectivity index (χ0v) is 18.3. The molecule has 1 saturated carbocycles. The molecule has 0 atom stereocenters. The van der Waals surface area contributed by atoms with Gasteiger partial charge in [0.05, 0.1) is 6.54 Å². The number of aliphatic imine (C=N–C) groups is 1. The molecule has 0 unspecified atom stereocenters. The monoisotopic (exact) mass is 483 g/mol. The summed E-state index contributed by atoms with van der Waals surface area (Å²) in [7, 11) is 1.80. The minimum atomic E-state index is 0. The molecule has 0 amide bonds. The van der Waals surface area contributed by atoms with Gasteiger partial charge < -0.3 is 15.4 Å². The number of halogens is 1. The Morgan fingerprint density at radius 3 is 2.85 bits per heavy atom. The van der Waals surface area contributed by atoms with E-state index in [2.05, 4.69) is 45.0 Å². The standard InChI is InChI=1S/C20H29N5O.HI/c1-21-20(22-9-4-12-26-16-17-7-8-17)23-14-18-5-2-6-19(13-18)15-25-11-3-10-24-25;/h2-3,5-6,10-11,13,17H,4,7-9,12,14-16H2,1H3,(H2,21,22,23);1H. The van der Waals surface area contributed by atoms with E-state index in [1.165, 1.54) is 24.0 Å². The van der Waals surface area contributed by atoms with Crippen LogP contribution in [0, 0.1) is 5.92 Å². The van der Waals surface area contributed by atoms with Gasteiger partial charge in [-0.25, -0.2) is 0 Å². The predicted molar refractivity (Wildman–Crippen MR) is 120 cm³/mol. The van der Waals surface area contributed by atoms with Crippen LogP contribution in [0.4, 0.5) is 0 Å². The van der Waals surface area contributed by atoms with Crippen LogP contribution in [0.15, 0.2) is 47.7 Å². The number of aromatic nitrogens is 2. The Kier molecular flexibility index (Phi) is 9.61. The molecule has 0 bridgehead atoms. The van der Waals surface area contributed by atoms with Crippen molar-refractivity contribution < 1.29 is 4.74 Å². The normalized spacial score (nSPS) is 13.9. The second-order valence-corrected chi connectivity index (χ2v) is 6.75. The van der Waals surface area contributed by atoms with Gasteiger partial charge in [0, 0.05) is 45.7 Å². The first-order chi connectivity index (χ1) is 12.8. The fraction of sp³-hybridized carbons (Fsp3) is 0.500. The van der Waals surface area contributed by atoms with Crippen LogP contribution in [0.25, 0.3) is 0 Å². The molecule has 1 aliphatic carbocycles. The van der Waals surface area contributed by atoms with Crippen molar-refractivity contribution in [3.05, 3.63) is 53.9 Å². The average molecular weight is 483 g/mol. The topological polar surface area (TPSA) is 63.5 Å². The van der Waals surface area contributed by atoms with Gasteiger partial charge in [0.25, 0.3) is 0 Å². The molecule has 1 heterocycles. The Morgan fingerprint density at radius 2 is 2.11 bits per heavy atom. The van der Waals surface area contributed by atoms with Crippen molar-refractivity contribution in [2.75, 3.05) is 26.8 Å². The van der Waals surface area contributed by atoms with Crippen molar-refractivity contribution >= 4 is 29.9 Å². The maximum absolute atomic E-state index is 5.65. The number of hydrogen-bond donors (Lipinski definition) is 2. The van der Waals surface area contributed by atoms with E-state index >= 15 is 0 Å². The van der Waals surface area contributed by atoms with E-state index in [0.717, 1.165) is 51.1 Å². The van der Waals surface area contributed by atoms with E-state index < -0.39 is 0 Å². The Hall–Kier alpha value is -1.61. The smallest absolute Gasteiger partial charge is 0.191 e. The quantitative estimate of drug-likeness (QED) is 0.236. The van der Waals surface area contributed by atoms with Crippen LogP contribution >= 0.6 is 24.0 Å². The summed E-state index contributed by atoms with van der Waals surface area (Å²) in [6, 6.07) is 10.5. The molecule has 0 aliphatic heterocycles. The minimum Gasteiger partial charge on any atom is -0.381 e. The molecule has 3 rings (SSSR count). The van der Waals surface area contributed by atoms with Crippen molar-refractivity contribution in [3.63, 3.8) is 0 Å². The predicted octanol–water partition coefficient (Wildman–Crippen LogP) is 3.03. The van der Waals surface area contributed by atoms with E-state index in [0.29, 0.717) is 0 Å². The summed E-state index contributed by atoms with van der Waals surface area (Å²) < 4.78 is 7.58. The van der Waals surface area contributed by atoms with Gasteiger partial charge in [0.1, 0.15) is 0 Å². The Morgan fingerprint density at radius 1 is 1.26 bits per heavy atom. The molecule has 7 heteroatoms. The number of nitrogens with one attached hydrogen (secondary N) is 2. The molecule has 27 heavy (non-hydrogen) atoms. The maximum Gasteiger partial charge on any atom is 0.191 e. The molecule has 1 aliphatic rings. The van der Waals surface area contributed by atoms with Gasteiger partial charge in [0.2, 0.25) is 0 Å². The summed E-state index contributed by atoms with van der Waals surface area (Å²) in [5, 5.41) is 11.0. The molecule has 0 radical (unpaired) electrons. The molecule has 2 aromatic rings. The SMILES string of the molecule is CN=C(NCCCOCC1CC1)NCc1cccc(Cn2cccn2)c1.I. The number of benzene rings is 1. The maximum atomic E-state index is 5.65. The molecule has 2 N–H and O–H groups in total. The van der Waals surface area contributed by atoms with Crippen LogP contribution in [-0.4, -0.2) is 42.5 Å². The van der Waals surface area contributed by atoms with Crippen molar-refractivity contribution in [1.82, 2.24) is 20.4 Å². The third kappa shape index (κ3) is 8.30. The zero-order chi connectivity index (χ0) is 18.0. The molecule has 1 fully saturated rings. The van der Waals surface area contributed by atoms with Crippen molar-refractivity contribution in [1.29, 1.82) is 0 Å². The van der Waals surface area contributed by atoms with Crippen LogP contribution in [0.5, 0.6) is 0 Å². The highest BCUT2D eigenvalue weighted by Crippen LogP contribution is 2.28. The van der Waals surface area contributed by atoms with Crippen molar-refractivity contribution in [2.45, 2.75) is 32.4 Å². The first-order valence-electron chi connectivity index (χ1n) is 9.41. The third-order valence-corrected chi connectivity index (χ3v) is 4.39. The highest BCUT2D eigenvalue weighted by Gasteiger charge is 2.20. The van der Waals surface area contributed by atoms with Crippen LogP contribution in [0.1, 0.15) is 30.4 Å². The van der Waals surface area contributed by atoms with E-state index in [1.54, 1.807) is 13.2 Å². The molecule has 1 aromatic carbocycles. The van der Waals surface area contributed by atoms with Gasteiger partial charge in [-0.15, -0.1) is 24.0 Å². The first-order valence-corrected chi connectivity index (χ1v) is 9.41. The molecule has 0 saturated heterocycles. The van der Waals surface area contributed by atoms with Crippen LogP contribution < -0.4 is 10.6 Å². The molecule has 1 aromatic heterocycles. The summed E-state index contributed by atoms with van der Waals surface area (Å²) in [4.78, 5) is 4.28. The second-order valence-electron chi connectivity index (χ2n) is 6.75. The summed E-state index contributed by atoms with van der Waals surface area (Å²) in [6.45, 7) is 4.14. The molecule has 0 spiro atoms. The number of nitrogens with zero attached hydrogens (tertiary/aromatic N) is 3. The molecule has 148 valence electrons. The third-order valence-electron chi connectivity index (χ3n) is 4.39. The van der Waals surface area contributed by atoms with E-state index in [-0.39, 0.29) is 24.0 Å². The van der Waals surface area contributed by atoms with E-state index in [9.17, 15) is 0 Å². The van der Waals surface area contributed by atoms with Gasteiger partial charge in [0.15, 0.2) is 5.96 Å². The minimum absolute atomic E-state index is 0. The lowest BCUT2D eigenvalue weighted by atomic mass is 10.1. The van der Waals surface area contributed by atoms with Gasteiger partial charge >= 0.3 is 0 Å². The van der Waals surface area contributed by atoms with Crippen LogP contribution in [0.2, 0.25) is 0 Å². The first kappa shape index (κ1) is 21.7. The number of guanidine groups is 1. The second kappa shape index (κ2) is 12.0. The lowest BCUT2D eigenvalue weighted by Crippen LogP contribution is -2.37. The molecular weight excluding hydrogens is 453 g/mol. The molecular formula is C20H30IN5O. The molecule has 6 nitrogen and oxygen atoms in total. The van der Waals surface area contributed by atoms with Crippen molar-refractivity contribution in [2.24, 2.45) is 10.9 Å². The summed E-state index contributed by atoms with van der Waals surface area (Å²) in [5.41, 5.74) is 2.47. The Balaban J connectivity index is 0.00000261. The summed E-state index contributed by atoms with van der Waals surface area (Å²) in [6.07, 6.45) is 7.46. The fourth-order valence-corrected chi connectivity index (χ4v) is 2.74. The van der Waals surface area contributed by atoms with Gasteiger partial charge in [-0.1, -0.05) is 24.3 Å². The summed E-state index contributed by atoms with van der Waals surface area (Å²) >= 11 is 0. The number of hydrogen-bond acceptors (Lipinski definition) is 3. The van der Waals surface area contributed by atoms with Gasteiger partial charge in [-0.3, -0.25) is 9.67 Å². The highest BCUT2D eigenvalue weighted by molar-refractivity contribution is 14.0. The Labute approximate surface area is 178 Å². The lowest BCUT2D eigenvalue weighted by molar-refractivity contribution is 0.123. The fourth-order valence-electron chi connectivity index (χ4n) is 2.74. The largest absolute Gasteiger partial charge is 0.381 e. The van der Waals surface area contributed by atoms with Crippen LogP contribution in [0.3, 0.4) is 0 Å². The van der Waals surface area contributed by atoms with Gasteiger partial charge in [-0.05, 0) is 42.4 Å². The summed E-state index contributed by atoms with van der Waals surface area (Å²) in [5.74, 6) is 1.66.